The molecular formula is C10H9FN2OS. The lowest BCUT2D eigenvalue weighted by Gasteiger charge is -1.95. The van der Waals surface area contributed by atoms with Crippen LogP contribution in [0.1, 0.15) is 11.5 Å². The van der Waals surface area contributed by atoms with Gasteiger partial charge in [0.1, 0.15) is 5.76 Å². The molecule has 0 fully saturated rings. The van der Waals surface area contributed by atoms with Crippen molar-refractivity contribution in [3.05, 3.63) is 35.7 Å². The minimum atomic E-state index is -0.500. The molecule has 0 saturated carbocycles. The lowest BCUT2D eigenvalue weighted by atomic mass is 10.4. The Labute approximate surface area is 90.7 Å². The van der Waals surface area contributed by atoms with Crippen LogP contribution in [0, 0.1) is 19.8 Å². The average Bonchev–Trinajstić information content (AvgIpc) is 2.45. The summed E-state index contributed by atoms with van der Waals surface area (Å²) < 4.78 is 18.1. The van der Waals surface area contributed by atoms with E-state index in [1.807, 2.05) is 13.8 Å². The van der Waals surface area contributed by atoms with Gasteiger partial charge in [0, 0.05) is 17.2 Å². The second kappa shape index (κ2) is 4.02. The van der Waals surface area contributed by atoms with Crippen molar-refractivity contribution in [2.75, 3.05) is 0 Å². The first-order valence-corrected chi connectivity index (χ1v) is 5.20. The Morgan fingerprint density at radius 3 is 2.80 bits per heavy atom. The number of halogens is 1. The van der Waals surface area contributed by atoms with Crippen LogP contribution < -0.4 is 0 Å². The normalized spacial score (nSPS) is 10.6. The van der Waals surface area contributed by atoms with E-state index in [1.54, 1.807) is 6.07 Å². The summed E-state index contributed by atoms with van der Waals surface area (Å²) in [6.07, 6.45) is 1.42. The molecule has 2 aromatic rings. The van der Waals surface area contributed by atoms with Crippen LogP contribution in [0.3, 0.4) is 0 Å². The van der Waals surface area contributed by atoms with Crippen molar-refractivity contribution in [3.63, 3.8) is 0 Å². The number of nitrogens with zero attached hydrogens (tertiary/aromatic N) is 2. The third kappa shape index (κ3) is 2.36. The van der Waals surface area contributed by atoms with E-state index in [4.69, 9.17) is 4.42 Å². The highest BCUT2D eigenvalue weighted by Crippen LogP contribution is 2.27. The van der Waals surface area contributed by atoms with Crippen molar-refractivity contribution in [1.82, 2.24) is 9.97 Å². The molecule has 3 nitrogen and oxygen atoms in total. The summed E-state index contributed by atoms with van der Waals surface area (Å²) >= 11 is 1.28. The minimum absolute atomic E-state index is 0.500. The summed E-state index contributed by atoms with van der Waals surface area (Å²) in [5.41, 5.74) is 0.854. The van der Waals surface area contributed by atoms with Crippen LogP contribution in [0.15, 0.2) is 32.9 Å². The summed E-state index contributed by atoms with van der Waals surface area (Å²) in [6.45, 7) is 3.72. The molecule has 15 heavy (non-hydrogen) atoms. The number of aromatic nitrogens is 2. The molecule has 0 aliphatic heterocycles. The molecule has 0 aliphatic carbocycles. The van der Waals surface area contributed by atoms with Crippen molar-refractivity contribution >= 4 is 11.8 Å². The zero-order valence-electron chi connectivity index (χ0n) is 8.32. The molecule has 2 heterocycles. The molecule has 0 N–H and O–H groups in total. The van der Waals surface area contributed by atoms with Gasteiger partial charge in [0.25, 0.3) is 5.22 Å². The standard InChI is InChI=1S/C10H9FN2OS/c1-6-7(2)14-10(13-6)15-8-3-4-12-9(11)5-8/h3-5H,1-2H3. The van der Waals surface area contributed by atoms with Crippen molar-refractivity contribution < 1.29 is 8.81 Å². The van der Waals surface area contributed by atoms with Gasteiger partial charge in [-0.3, -0.25) is 0 Å². The first kappa shape index (κ1) is 10.2. The van der Waals surface area contributed by atoms with Gasteiger partial charge in [0.15, 0.2) is 0 Å². The fourth-order valence-electron chi connectivity index (χ4n) is 1.04. The second-order valence-corrected chi connectivity index (χ2v) is 4.06. The number of hydrogen-bond acceptors (Lipinski definition) is 4. The molecule has 0 radical (unpaired) electrons. The maximum Gasteiger partial charge on any atom is 0.260 e. The molecule has 0 aromatic carbocycles. The molecule has 0 unspecified atom stereocenters. The molecule has 2 aromatic heterocycles. The SMILES string of the molecule is Cc1nc(Sc2ccnc(F)c2)oc1C. The van der Waals surface area contributed by atoms with Gasteiger partial charge < -0.3 is 4.42 Å². The molecule has 0 atom stereocenters. The van der Waals surface area contributed by atoms with Crippen molar-refractivity contribution in [3.8, 4) is 0 Å². The van der Waals surface area contributed by atoms with Gasteiger partial charge >= 0.3 is 0 Å². The lowest BCUT2D eigenvalue weighted by Crippen LogP contribution is -1.81. The van der Waals surface area contributed by atoms with E-state index in [2.05, 4.69) is 9.97 Å². The smallest absolute Gasteiger partial charge is 0.260 e. The third-order valence-electron chi connectivity index (χ3n) is 1.91. The van der Waals surface area contributed by atoms with Gasteiger partial charge in [-0.15, -0.1) is 0 Å². The Morgan fingerprint density at radius 1 is 1.40 bits per heavy atom. The number of rotatable bonds is 2. The maximum atomic E-state index is 12.8. The minimum Gasteiger partial charge on any atom is -0.436 e. The Morgan fingerprint density at radius 2 is 2.20 bits per heavy atom. The Hall–Kier alpha value is -1.36. The molecule has 0 amide bonds. The highest BCUT2D eigenvalue weighted by molar-refractivity contribution is 7.99. The molecule has 5 heteroatoms. The predicted octanol–water partition coefficient (Wildman–Crippen LogP) is 2.98. The van der Waals surface area contributed by atoms with Gasteiger partial charge in [0.05, 0.1) is 5.69 Å². The van der Waals surface area contributed by atoms with Gasteiger partial charge in [-0.25, -0.2) is 9.97 Å². The quantitative estimate of drug-likeness (QED) is 0.735. The summed E-state index contributed by atoms with van der Waals surface area (Å²) in [6, 6.07) is 3.06. The van der Waals surface area contributed by atoms with E-state index in [9.17, 15) is 4.39 Å². The van der Waals surface area contributed by atoms with E-state index in [-0.39, 0.29) is 0 Å². The summed E-state index contributed by atoms with van der Waals surface area (Å²) in [5.74, 6) is 0.284. The van der Waals surface area contributed by atoms with Gasteiger partial charge in [-0.2, -0.15) is 4.39 Å². The topological polar surface area (TPSA) is 38.9 Å². The van der Waals surface area contributed by atoms with E-state index < -0.39 is 5.95 Å². The van der Waals surface area contributed by atoms with Crippen LogP contribution in [0.25, 0.3) is 0 Å². The van der Waals surface area contributed by atoms with Crippen LogP contribution in [0.2, 0.25) is 0 Å². The zero-order valence-corrected chi connectivity index (χ0v) is 9.14. The molecular weight excluding hydrogens is 215 g/mol. The first-order chi connectivity index (χ1) is 7.15. The van der Waals surface area contributed by atoms with E-state index in [1.165, 1.54) is 24.0 Å². The molecule has 78 valence electrons. The Bertz CT molecular complexity index is 465. The Kier molecular flexibility index (Phi) is 2.73. The third-order valence-corrected chi connectivity index (χ3v) is 2.75. The first-order valence-electron chi connectivity index (χ1n) is 4.38. The molecule has 0 spiro atoms. The van der Waals surface area contributed by atoms with Crippen molar-refractivity contribution in [2.24, 2.45) is 0 Å². The van der Waals surface area contributed by atoms with Crippen LogP contribution in [0.4, 0.5) is 4.39 Å². The fourth-order valence-corrected chi connectivity index (χ4v) is 1.87. The average molecular weight is 224 g/mol. The monoisotopic (exact) mass is 224 g/mol. The van der Waals surface area contributed by atoms with E-state index >= 15 is 0 Å². The second-order valence-electron chi connectivity index (χ2n) is 3.04. The van der Waals surface area contributed by atoms with E-state index in [0.29, 0.717) is 5.22 Å². The number of pyridine rings is 1. The van der Waals surface area contributed by atoms with Crippen LogP contribution in [0.5, 0.6) is 0 Å². The van der Waals surface area contributed by atoms with Crippen LogP contribution >= 0.6 is 11.8 Å². The number of aryl methyl sites for hydroxylation is 2. The molecule has 0 saturated heterocycles. The largest absolute Gasteiger partial charge is 0.436 e. The number of hydrogen-bond donors (Lipinski definition) is 0. The maximum absolute atomic E-state index is 12.8. The Balaban J connectivity index is 2.22. The van der Waals surface area contributed by atoms with Crippen molar-refractivity contribution in [1.29, 1.82) is 0 Å². The molecule has 0 aliphatic rings. The van der Waals surface area contributed by atoms with Gasteiger partial charge in [-0.05, 0) is 31.7 Å². The van der Waals surface area contributed by atoms with Gasteiger partial charge in [0.2, 0.25) is 5.95 Å². The summed E-state index contributed by atoms with van der Waals surface area (Å²) in [5, 5.41) is 0.524. The van der Waals surface area contributed by atoms with Gasteiger partial charge in [-0.1, -0.05) is 0 Å². The van der Waals surface area contributed by atoms with E-state index in [0.717, 1.165) is 16.3 Å². The summed E-state index contributed by atoms with van der Waals surface area (Å²) in [7, 11) is 0. The summed E-state index contributed by atoms with van der Waals surface area (Å²) in [4.78, 5) is 8.39. The fraction of sp³-hybridized carbons (Fsp3) is 0.200. The number of oxazole rings is 1. The lowest BCUT2D eigenvalue weighted by molar-refractivity contribution is 0.431. The van der Waals surface area contributed by atoms with Crippen LogP contribution in [-0.4, -0.2) is 9.97 Å². The highest BCUT2D eigenvalue weighted by atomic mass is 32.2. The van der Waals surface area contributed by atoms with Crippen molar-refractivity contribution in [2.45, 2.75) is 24.0 Å². The van der Waals surface area contributed by atoms with Crippen LogP contribution in [-0.2, 0) is 0 Å². The highest BCUT2D eigenvalue weighted by Gasteiger charge is 2.07. The molecule has 2 rings (SSSR count). The zero-order chi connectivity index (χ0) is 10.8. The predicted molar refractivity (Wildman–Crippen MR) is 54.3 cm³/mol. The molecule has 0 bridgehead atoms.